The molecule has 2 N–H and O–H groups in total. The predicted molar refractivity (Wildman–Crippen MR) is 71.5 cm³/mol. The molecule has 0 bridgehead atoms. The van der Waals surface area contributed by atoms with Crippen molar-refractivity contribution in [1.82, 2.24) is 4.72 Å². The van der Waals surface area contributed by atoms with Crippen molar-refractivity contribution in [2.75, 3.05) is 12.8 Å². The van der Waals surface area contributed by atoms with Crippen LogP contribution in [-0.4, -0.2) is 37.5 Å². The lowest BCUT2D eigenvalue weighted by atomic mass is 10.2. The number of carboxylic acid groups (broad SMARTS) is 1. The van der Waals surface area contributed by atoms with Gasteiger partial charge in [-0.3, -0.25) is 0 Å². The zero-order valence-corrected chi connectivity index (χ0v) is 12.3. The molecule has 1 atom stereocenters. The zero-order valence-electron chi connectivity index (χ0n) is 10.7. The molecule has 0 spiro atoms. The standard InChI is InChI=1S/C11H13F2NO4S2/c1-6(19-2)5-14-20(17,18)8-4-3-7(12)9(10(8)13)11(15)16/h3-4,6,14H,5H2,1-2H3,(H,15,16). The number of hydrogen-bond acceptors (Lipinski definition) is 4. The van der Waals surface area contributed by atoms with Gasteiger partial charge in [-0.15, -0.1) is 0 Å². The molecule has 0 saturated heterocycles. The highest BCUT2D eigenvalue weighted by molar-refractivity contribution is 7.99. The fraction of sp³-hybridized carbons (Fsp3) is 0.364. The number of rotatable bonds is 6. The molecular weight excluding hydrogens is 312 g/mol. The van der Waals surface area contributed by atoms with Crippen molar-refractivity contribution < 1.29 is 27.1 Å². The van der Waals surface area contributed by atoms with E-state index in [2.05, 4.69) is 4.72 Å². The molecule has 1 rings (SSSR count). The first-order chi connectivity index (χ1) is 9.20. The molecule has 1 aromatic carbocycles. The highest BCUT2D eigenvalue weighted by Crippen LogP contribution is 2.21. The molecule has 20 heavy (non-hydrogen) atoms. The Hall–Kier alpha value is -1.19. The van der Waals surface area contributed by atoms with E-state index >= 15 is 0 Å². The summed E-state index contributed by atoms with van der Waals surface area (Å²) >= 11 is 1.40. The molecule has 1 unspecified atom stereocenters. The number of carbonyl (C=O) groups is 1. The van der Waals surface area contributed by atoms with Gasteiger partial charge in [0.2, 0.25) is 10.0 Å². The Bertz CT molecular complexity index is 619. The highest BCUT2D eigenvalue weighted by atomic mass is 32.2. The van der Waals surface area contributed by atoms with Crippen molar-refractivity contribution >= 4 is 27.8 Å². The molecule has 0 amide bonds. The monoisotopic (exact) mass is 325 g/mol. The molecular formula is C11H13F2NO4S2. The van der Waals surface area contributed by atoms with Crippen LogP contribution >= 0.6 is 11.8 Å². The van der Waals surface area contributed by atoms with Gasteiger partial charge >= 0.3 is 5.97 Å². The zero-order chi connectivity index (χ0) is 15.5. The Kier molecular flexibility index (Phi) is 5.49. The number of hydrogen-bond donors (Lipinski definition) is 2. The van der Waals surface area contributed by atoms with E-state index in [0.717, 1.165) is 0 Å². The number of nitrogens with one attached hydrogen (secondary N) is 1. The van der Waals surface area contributed by atoms with Gasteiger partial charge in [0.05, 0.1) is 0 Å². The number of thioether (sulfide) groups is 1. The number of carboxylic acids is 1. The summed E-state index contributed by atoms with van der Waals surface area (Å²) in [5.41, 5.74) is -1.29. The van der Waals surface area contributed by atoms with Gasteiger partial charge < -0.3 is 5.11 Å². The average molecular weight is 325 g/mol. The van der Waals surface area contributed by atoms with E-state index in [-0.39, 0.29) is 11.8 Å². The van der Waals surface area contributed by atoms with E-state index in [0.29, 0.717) is 12.1 Å². The SMILES string of the molecule is CSC(C)CNS(=O)(=O)c1ccc(F)c(C(=O)O)c1F. The lowest BCUT2D eigenvalue weighted by Crippen LogP contribution is -2.30. The highest BCUT2D eigenvalue weighted by Gasteiger charge is 2.26. The molecule has 112 valence electrons. The second kappa shape index (κ2) is 6.51. The Morgan fingerprint density at radius 1 is 1.45 bits per heavy atom. The van der Waals surface area contributed by atoms with E-state index in [4.69, 9.17) is 5.11 Å². The van der Waals surface area contributed by atoms with E-state index < -0.39 is 38.1 Å². The maximum absolute atomic E-state index is 13.8. The van der Waals surface area contributed by atoms with Gasteiger partial charge in [0.25, 0.3) is 0 Å². The molecule has 0 fully saturated rings. The van der Waals surface area contributed by atoms with E-state index in [9.17, 15) is 22.0 Å². The van der Waals surface area contributed by atoms with Crippen LogP contribution in [0.3, 0.4) is 0 Å². The summed E-state index contributed by atoms with van der Waals surface area (Å²) < 4.78 is 53.0. The smallest absolute Gasteiger partial charge is 0.341 e. The quantitative estimate of drug-likeness (QED) is 0.831. The van der Waals surface area contributed by atoms with Gasteiger partial charge in [0.1, 0.15) is 16.3 Å². The molecule has 5 nitrogen and oxygen atoms in total. The third-order valence-corrected chi connectivity index (χ3v) is 4.93. The lowest BCUT2D eigenvalue weighted by molar-refractivity contribution is 0.0685. The summed E-state index contributed by atoms with van der Waals surface area (Å²) in [4.78, 5) is 9.85. The summed E-state index contributed by atoms with van der Waals surface area (Å²) in [5.74, 6) is -4.80. The fourth-order valence-electron chi connectivity index (χ4n) is 1.33. The fourth-order valence-corrected chi connectivity index (χ4v) is 2.89. The molecule has 0 saturated carbocycles. The maximum Gasteiger partial charge on any atom is 0.341 e. The first-order valence-corrected chi connectivity index (χ1v) is 8.21. The summed E-state index contributed by atoms with van der Waals surface area (Å²) in [5, 5.41) is 8.65. The van der Waals surface area contributed by atoms with Crippen LogP contribution in [0.5, 0.6) is 0 Å². The number of benzene rings is 1. The largest absolute Gasteiger partial charge is 0.477 e. The molecule has 0 aliphatic rings. The van der Waals surface area contributed by atoms with E-state index in [1.54, 1.807) is 13.2 Å². The Morgan fingerprint density at radius 3 is 2.55 bits per heavy atom. The minimum absolute atomic E-state index is 0.0444. The van der Waals surface area contributed by atoms with Gasteiger partial charge in [-0.25, -0.2) is 26.7 Å². The maximum atomic E-state index is 13.8. The summed E-state index contributed by atoms with van der Waals surface area (Å²) in [6, 6.07) is 1.31. The van der Waals surface area contributed by atoms with Crippen LogP contribution < -0.4 is 4.72 Å². The summed E-state index contributed by atoms with van der Waals surface area (Å²) in [6.07, 6.45) is 1.78. The third-order valence-electron chi connectivity index (χ3n) is 2.52. The van der Waals surface area contributed by atoms with Gasteiger partial charge in [0, 0.05) is 11.8 Å². The van der Waals surface area contributed by atoms with Crippen molar-refractivity contribution in [3.8, 4) is 0 Å². The Balaban J connectivity index is 3.20. The first-order valence-electron chi connectivity index (χ1n) is 5.44. The third kappa shape index (κ3) is 3.68. The number of sulfonamides is 1. The normalized spacial score (nSPS) is 13.2. The number of aromatic carboxylic acids is 1. The van der Waals surface area contributed by atoms with Crippen LogP contribution in [0.4, 0.5) is 8.78 Å². The van der Waals surface area contributed by atoms with Crippen LogP contribution in [0.15, 0.2) is 17.0 Å². The second-order valence-electron chi connectivity index (χ2n) is 3.94. The van der Waals surface area contributed by atoms with Crippen molar-refractivity contribution in [3.05, 3.63) is 29.3 Å². The number of halogens is 2. The lowest BCUT2D eigenvalue weighted by Gasteiger charge is -2.12. The van der Waals surface area contributed by atoms with Crippen LogP contribution in [0, 0.1) is 11.6 Å². The van der Waals surface area contributed by atoms with Crippen molar-refractivity contribution in [2.24, 2.45) is 0 Å². The second-order valence-corrected chi connectivity index (χ2v) is 6.95. The average Bonchev–Trinajstić information content (AvgIpc) is 2.35. The minimum Gasteiger partial charge on any atom is -0.477 e. The summed E-state index contributed by atoms with van der Waals surface area (Å²) in [7, 11) is -4.24. The van der Waals surface area contributed by atoms with Gasteiger partial charge in [-0.05, 0) is 18.4 Å². The van der Waals surface area contributed by atoms with E-state index in [1.165, 1.54) is 11.8 Å². The van der Waals surface area contributed by atoms with Crippen molar-refractivity contribution in [1.29, 1.82) is 0 Å². The minimum atomic E-state index is -4.24. The molecule has 0 aliphatic heterocycles. The van der Waals surface area contributed by atoms with Crippen LogP contribution in [0.2, 0.25) is 0 Å². The Morgan fingerprint density at radius 2 is 2.05 bits per heavy atom. The van der Waals surface area contributed by atoms with Gasteiger partial charge in [0.15, 0.2) is 5.82 Å². The molecule has 1 aromatic rings. The van der Waals surface area contributed by atoms with Crippen LogP contribution in [0.25, 0.3) is 0 Å². The molecule has 9 heteroatoms. The molecule has 0 heterocycles. The van der Waals surface area contributed by atoms with Gasteiger partial charge in [-0.1, -0.05) is 6.92 Å². The van der Waals surface area contributed by atoms with Crippen molar-refractivity contribution in [3.63, 3.8) is 0 Å². The molecule has 0 aliphatic carbocycles. The van der Waals surface area contributed by atoms with Crippen LogP contribution in [-0.2, 0) is 10.0 Å². The van der Waals surface area contributed by atoms with E-state index in [1.807, 2.05) is 0 Å². The predicted octanol–water partition coefficient (Wildman–Crippen LogP) is 1.69. The topological polar surface area (TPSA) is 83.5 Å². The molecule has 0 radical (unpaired) electrons. The molecule has 0 aromatic heterocycles. The Labute approximate surface area is 119 Å². The van der Waals surface area contributed by atoms with Crippen molar-refractivity contribution in [2.45, 2.75) is 17.1 Å². The van der Waals surface area contributed by atoms with Crippen LogP contribution in [0.1, 0.15) is 17.3 Å². The first kappa shape index (κ1) is 16.9. The van der Waals surface area contributed by atoms with Gasteiger partial charge in [-0.2, -0.15) is 11.8 Å². The summed E-state index contributed by atoms with van der Waals surface area (Å²) in [6.45, 7) is 1.81.